The lowest BCUT2D eigenvalue weighted by atomic mass is 10.1. The molecular weight excluding hydrogens is 362 g/mol. The summed E-state index contributed by atoms with van der Waals surface area (Å²) >= 11 is 0. The highest BCUT2D eigenvalue weighted by molar-refractivity contribution is 7.94. The average molecular weight is 386 g/mol. The van der Waals surface area contributed by atoms with Gasteiger partial charge in [0.1, 0.15) is 9.84 Å². The summed E-state index contributed by atoms with van der Waals surface area (Å²) in [5.74, 6) is -0.314. The van der Waals surface area contributed by atoms with Crippen molar-refractivity contribution in [2.45, 2.75) is 18.7 Å². The van der Waals surface area contributed by atoms with Gasteiger partial charge >= 0.3 is 0 Å². The van der Waals surface area contributed by atoms with Gasteiger partial charge in [-0.1, -0.05) is 26.0 Å². The van der Waals surface area contributed by atoms with Crippen LogP contribution in [0.4, 0.5) is 0 Å². The molecule has 2 fully saturated rings. The van der Waals surface area contributed by atoms with Crippen molar-refractivity contribution in [3.8, 4) is 0 Å². The minimum absolute atomic E-state index is 0.0801. The smallest absolute Gasteiger partial charge is 0.255 e. The van der Waals surface area contributed by atoms with Crippen LogP contribution in [0, 0.1) is 17.3 Å². The number of nitrogens with zero attached hydrogens (tertiary/aromatic N) is 1. The highest BCUT2D eigenvalue weighted by atomic mass is 32.2. The number of piperidine rings is 1. The van der Waals surface area contributed by atoms with E-state index in [0.717, 1.165) is 6.26 Å². The molecule has 1 heterocycles. The van der Waals surface area contributed by atoms with Crippen molar-refractivity contribution >= 4 is 25.6 Å². The fourth-order valence-corrected chi connectivity index (χ4v) is 6.84. The average Bonchev–Trinajstić information content (AvgIpc) is 2.91. The number of fused-ring (bicyclic) bond motifs is 1. The van der Waals surface area contributed by atoms with Gasteiger partial charge in [0.05, 0.1) is 22.0 Å². The first-order valence-electron chi connectivity index (χ1n) is 8.22. The van der Waals surface area contributed by atoms with Gasteiger partial charge in [-0.25, -0.2) is 16.8 Å². The third-order valence-corrected chi connectivity index (χ3v) is 8.56. The molecule has 1 aromatic carbocycles. The van der Waals surface area contributed by atoms with Crippen LogP contribution in [-0.2, 0) is 19.7 Å². The number of carbonyl (C=O) groups excluding carboxylic acids is 1. The van der Waals surface area contributed by atoms with Crippen molar-refractivity contribution in [3.05, 3.63) is 29.8 Å². The van der Waals surface area contributed by atoms with Crippen LogP contribution in [0.2, 0.25) is 0 Å². The topological polar surface area (TPSA) is 88.6 Å². The molecule has 0 N–H and O–H groups in total. The van der Waals surface area contributed by atoms with Crippen LogP contribution in [-0.4, -0.2) is 58.5 Å². The molecule has 8 heteroatoms. The standard InChI is InChI=1S/C17H23NO5S2/c1-17(2)13-10-18(11-14(13)17)16(19)12-6-4-5-7-15(12)25(22,23)9-8-24(3,20)21/h4-7,13-14H,8-11H2,1-3H3/t13-,14-/m0/s1. The Bertz CT molecular complexity index is 904. The number of carbonyl (C=O) groups is 1. The number of sulfone groups is 2. The van der Waals surface area contributed by atoms with Crippen LogP contribution in [0.15, 0.2) is 29.2 Å². The highest BCUT2D eigenvalue weighted by Crippen LogP contribution is 2.62. The maximum absolute atomic E-state index is 12.8. The van der Waals surface area contributed by atoms with E-state index in [4.69, 9.17) is 0 Å². The SMILES string of the molecule is CC1(C)[C@H]2CN(C(=O)c3ccccc3S(=O)(=O)CCS(C)(=O)=O)C[C@@H]21. The van der Waals surface area contributed by atoms with Crippen LogP contribution in [0.3, 0.4) is 0 Å². The van der Waals surface area contributed by atoms with Crippen molar-refractivity contribution in [1.29, 1.82) is 0 Å². The molecule has 3 rings (SSSR count). The fourth-order valence-electron chi connectivity index (χ4n) is 3.75. The Morgan fingerprint density at radius 2 is 1.64 bits per heavy atom. The number of hydrogen-bond donors (Lipinski definition) is 0. The van der Waals surface area contributed by atoms with Gasteiger partial charge in [-0.05, 0) is 29.4 Å². The van der Waals surface area contributed by atoms with Crippen molar-refractivity contribution in [3.63, 3.8) is 0 Å². The Balaban J connectivity index is 1.83. The van der Waals surface area contributed by atoms with E-state index in [9.17, 15) is 21.6 Å². The molecule has 0 bridgehead atoms. The molecule has 1 amide bonds. The summed E-state index contributed by atoms with van der Waals surface area (Å²) in [5.41, 5.74) is 0.396. The number of likely N-dealkylation sites (tertiary alicyclic amines) is 1. The Morgan fingerprint density at radius 1 is 1.08 bits per heavy atom. The molecule has 0 spiro atoms. The molecule has 1 saturated carbocycles. The molecule has 1 aliphatic carbocycles. The molecule has 25 heavy (non-hydrogen) atoms. The zero-order valence-corrected chi connectivity index (χ0v) is 16.2. The summed E-state index contributed by atoms with van der Waals surface area (Å²) in [4.78, 5) is 14.5. The number of hydrogen-bond acceptors (Lipinski definition) is 5. The van der Waals surface area contributed by atoms with E-state index in [-0.39, 0.29) is 21.8 Å². The van der Waals surface area contributed by atoms with Gasteiger partial charge in [0.15, 0.2) is 9.84 Å². The van der Waals surface area contributed by atoms with Gasteiger partial charge in [-0.15, -0.1) is 0 Å². The van der Waals surface area contributed by atoms with Crippen molar-refractivity contribution in [2.24, 2.45) is 17.3 Å². The molecule has 1 aliphatic heterocycles. The molecular formula is C17H23NO5S2. The summed E-state index contributed by atoms with van der Waals surface area (Å²) in [6, 6.07) is 6.06. The minimum atomic E-state index is -3.85. The number of benzene rings is 1. The first-order valence-corrected chi connectivity index (χ1v) is 11.9. The quantitative estimate of drug-likeness (QED) is 0.761. The predicted octanol–water partition coefficient (Wildman–Crippen LogP) is 1.23. The lowest BCUT2D eigenvalue weighted by molar-refractivity contribution is 0.0754. The Labute approximate surface area is 149 Å². The first-order chi connectivity index (χ1) is 11.4. The summed E-state index contributed by atoms with van der Waals surface area (Å²) in [6.45, 7) is 5.67. The lowest BCUT2D eigenvalue weighted by Gasteiger charge is -2.23. The molecule has 0 unspecified atom stereocenters. The van der Waals surface area contributed by atoms with Crippen LogP contribution >= 0.6 is 0 Å². The zero-order valence-electron chi connectivity index (χ0n) is 14.6. The summed E-state index contributed by atoms with van der Waals surface area (Å²) in [7, 11) is -7.25. The van der Waals surface area contributed by atoms with E-state index in [1.807, 2.05) is 0 Å². The van der Waals surface area contributed by atoms with E-state index in [1.165, 1.54) is 12.1 Å². The molecule has 6 nitrogen and oxygen atoms in total. The van der Waals surface area contributed by atoms with Crippen LogP contribution in [0.1, 0.15) is 24.2 Å². The van der Waals surface area contributed by atoms with Crippen LogP contribution < -0.4 is 0 Å². The first kappa shape index (κ1) is 18.4. The van der Waals surface area contributed by atoms with Gasteiger partial charge in [0.25, 0.3) is 5.91 Å². The van der Waals surface area contributed by atoms with Crippen LogP contribution in [0.5, 0.6) is 0 Å². The van der Waals surface area contributed by atoms with Crippen LogP contribution in [0.25, 0.3) is 0 Å². The van der Waals surface area contributed by atoms with Gasteiger partial charge in [-0.3, -0.25) is 4.79 Å². The molecule has 0 aromatic heterocycles. The van der Waals surface area contributed by atoms with Crippen molar-refractivity contribution in [1.82, 2.24) is 4.90 Å². The second kappa shape index (κ2) is 5.81. The summed E-state index contributed by atoms with van der Waals surface area (Å²) in [5, 5.41) is 0. The number of amides is 1. The van der Waals surface area contributed by atoms with Gasteiger partial charge < -0.3 is 4.90 Å². The van der Waals surface area contributed by atoms with Gasteiger partial charge in [0.2, 0.25) is 0 Å². The lowest BCUT2D eigenvalue weighted by Crippen LogP contribution is -2.34. The summed E-state index contributed by atoms with van der Waals surface area (Å²) < 4.78 is 47.7. The second-order valence-corrected chi connectivity index (χ2v) is 12.0. The predicted molar refractivity (Wildman–Crippen MR) is 94.9 cm³/mol. The highest BCUT2D eigenvalue weighted by Gasteiger charge is 2.62. The third kappa shape index (κ3) is 3.46. The normalized spacial score (nSPS) is 24.8. The van der Waals surface area contributed by atoms with E-state index in [0.29, 0.717) is 24.9 Å². The maximum Gasteiger partial charge on any atom is 0.255 e. The fraction of sp³-hybridized carbons (Fsp3) is 0.588. The zero-order chi connectivity index (χ0) is 18.6. The molecule has 0 radical (unpaired) electrons. The van der Waals surface area contributed by atoms with Crippen molar-refractivity contribution < 1.29 is 21.6 Å². The molecule has 1 saturated heterocycles. The Morgan fingerprint density at radius 3 is 2.20 bits per heavy atom. The Kier molecular flexibility index (Phi) is 4.27. The molecule has 1 aromatic rings. The maximum atomic E-state index is 12.8. The minimum Gasteiger partial charge on any atom is -0.338 e. The monoisotopic (exact) mass is 385 g/mol. The van der Waals surface area contributed by atoms with E-state index < -0.39 is 31.2 Å². The molecule has 138 valence electrons. The largest absolute Gasteiger partial charge is 0.338 e. The van der Waals surface area contributed by atoms with Gasteiger partial charge in [0, 0.05) is 19.3 Å². The summed E-state index contributed by atoms with van der Waals surface area (Å²) in [6.07, 6.45) is 0.998. The van der Waals surface area contributed by atoms with Crippen molar-refractivity contribution in [2.75, 3.05) is 30.9 Å². The van der Waals surface area contributed by atoms with E-state index in [2.05, 4.69) is 13.8 Å². The Hall–Kier alpha value is -1.41. The molecule has 2 aliphatic rings. The second-order valence-electron chi connectivity index (χ2n) is 7.69. The molecule has 2 atom stereocenters. The van der Waals surface area contributed by atoms with E-state index >= 15 is 0 Å². The number of rotatable bonds is 5. The van der Waals surface area contributed by atoms with Gasteiger partial charge in [-0.2, -0.15) is 0 Å². The van der Waals surface area contributed by atoms with E-state index in [1.54, 1.807) is 17.0 Å². The third-order valence-electron chi connectivity index (χ3n) is 5.58.